The lowest BCUT2D eigenvalue weighted by Gasteiger charge is -2.17. The Hall–Kier alpha value is -2.06. The van der Waals surface area contributed by atoms with Gasteiger partial charge in [0, 0.05) is 0 Å². The van der Waals surface area contributed by atoms with E-state index in [9.17, 15) is 14.6 Å². The van der Waals surface area contributed by atoms with Crippen molar-refractivity contribution < 1.29 is 14.6 Å². The number of aliphatic hydroxyl groups excluding tert-OH is 2. The van der Waals surface area contributed by atoms with Crippen LogP contribution in [-0.4, -0.2) is 41.9 Å². The van der Waals surface area contributed by atoms with Gasteiger partial charge in [-0.2, -0.15) is 0 Å². The molecule has 0 radical (unpaired) electrons. The van der Waals surface area contributed by atoms with Crippen LogP contribution in [-0.2, 0) is 0 Å². The van der Waals surface area contributed by atoms with Crippen LogP contribution in [0.1, 0.15) is 12.5 Å². The Morgan fingerprint density at radius 1 is 1.37 bits per heavy atom. The van der Waals surface area contributed by atoms with Crippen molar-refractivity contribution in [1.82, 2.24) is 19.5 Å². The molecule has 4 N–H and O–H groups in total. The molecule has 0 aliphatic heterocycles. The second-order valence-corrected chi connectivity index (χ2v) is 4.47. The molecule has 1 fully saturated rings. The molecular formula is C11H12FN5O2. The second-order valence-electron chi connectivity index (χ2n) is 4.47. The van der Waals surface area contributed by atoms with E-state index in [1.165, 1.54) is 12.7 Å². The van der Waals surface area contributed by atoms with Crippen molar-refractivity contribution in [2.45, 2.75) is 24.7 Å². The number of hydrogen-bond donors (Lipinski definition) is 3. The van der Waals surface area contributed by atoms with E-state index in [4.69, 9.17) is 5.73 Å². The summed E-state index contributed by atoms with van der Waals surface area (Å²) in [5.74, 6) is 0.234. The molecule has 8 heteroatoms. The van der Waals surface area contributed by atoms with Crippen LogP contribution < -0.4 is 5.73 Å². The number of halogens is 1. The van der Waals surface area contributed by atoms with Crippen LogP contribution in [0.4, 0.5) is 10.2 Å². The van der Waals surface area contributed by atoms with E-state index in [0.29, 0.717) is 17.5 Å². The normalized spacial score (nSPS) is 29.4. The first-order valence-corrected chi connectivity index (χ1v) is 5.71. The Labute approximate surface area is 107 Å². The molecule has 1 saturated carbocycles. The number of aromatic nitrogens is 4. The summed E-state index contributed by atoms with van der Waals surface area (Å²) in [5.41, 5.74) is 6.69. The average Bonchev–Trinajstić information content (AvgIpc) is 2.94. The van der Waals surface area contributed by atoms with Crippen LogP contribution in [0, 0.1) is 0 Å². The standard InChI is InChI=1S/C11H12FN5O2/c12-2-5-1-6(9(19)8(5)18)17-4-16-7-10(13)14-3-15-11(7)17/h2-4,6,8-9,18-19H,1H2,(H2,13,14,15)/b5-2-. The van der Waals surface area contributed by atoms with Gasteiger partial charge in [0.2, 0.25) is 0 Å². The van der Waals surface area contributed by atoms with Crippen molar-refractivity contribution in [3.8, 4) is 0 Å². The Kier molecular flexibility index (Phi) is 2.68. The second kappa shape index (κ2) is 4.25. The molecular weight excluding hydrogens is 253 g/mol. The van der Waals surface area contributed by atoms with Crippen LogP contribution in [0.2, 0.25) is 0 Å². The van der Waals surface area contributed by atoms with Crippen molar-refractivity contribution in [3.05, 3.63) is 24.6 Å². The molecule has 3 rings (SSSR count). The Balaban J connectivity index is 2.09. The van der Waals surface area contributed by atoms with Crippen LogP contribution >= 0.6 is 0 Å². The third-order valence-electron chi connectivity index (χ3n) is 3.43. The van der Waals surface area contributed by atoms with Gasteiger partial charge in [-0.05, 0) is 12.0 Å². The number of rotatable bonds is 1. The Morgan fingerprint density at radius 2 is 2.16 bits per heavy atom. The van der Waals surface area contributed by atoms with E-state index >= 15 is 0 Å². The predicted molar refractivity (Wildman–Crippen MR) is 64.6 cm³/mol. The third kappa shape index (κ3) is 1.68. The molecule has 0 bridgehead atoms. The molecule has 1 aliphatic carbocycles. The molecule has 3 atom stereocenters. The molecule has 2 heterocycles. The summed E-state index contributed by atoms with van der Waals surface area (Å²) in [6.45, 7) is 0. The van der Waals surface area contributed by atoms with Crippen LogP contribution in [0.5, 0.6) is 0 Å². The van der Waals surface area contributed by atoms with Gasteiger partial charge >= 0.3 is 0 Å². The zero-order valence-corrected chi connectivity index (χ0v) is 9.81. The minimum atomic E-state index is -1.22. The molecule has 2 aromatic heterocycles. The maximum atomic E-state index is 12.6. The number of nitrogen functional groups attached to an aromatic ring is 1. The van der Waals surface area contributed by atoms with Crippen molar-refractivity contribution >= 4 is 17.0 Å². The minimum Gasteiger partial charge on any atom is -0.388 e. The van der Waals surface area contributed by atoms with Gasteiger partial charge in [-0.25, -0.2) is 19.3 Å². The van der Waals surface area contributed by atoms with Crippen LogP contribution in [0.15, 0.2) is 24.6 Å². The summed E-state index contributed by atoms with van der Waals surface area (Å²) in [6.07, 6.45) is 0.934. The van der Waals surface area contributed by atoms with Crippen molar-refractivity contribution in [3.63, 3.8) is 0 Å². The maximum Gasteiger partial charge on any atom is 0.165 e. The molecule has 2 aromatic rings. The largest absolute Gasteiger partial charge is 0.388 e. The zero-order chi connectivity index (χ0) is 13.6. The lowest BCUT2D eigenvalue weighted by Crippen LogP contribution is -2.27. The summed E-state index contributed by atoms with van der Waals surface area (Å²) in [6, 6.07) is -0.531. The highest BCUT2D eigenvalue weighted by atomic mass is 19.1. The summed E-state index contributed by atoms with van der Waals surface area (Å²) >= 11 is 0. The first-order valence-electron chi connectivity index (χ1n) is 5.71. The van der Waals surface area contributed by atoms with E-state index in [2.05, 4.69) is 15.0 Å². The van der Waals surface area contributed by atoms with E-state index in [1.807, 2.05) is 0 Å². The molecule has 7 nitrogen and oxygen atoms in total. The van der Waals surface area contributed by atoms with Gasteiger partial charge in [-0.15, -0.1) is 0 Å². The predicted octanol–water partition coefficient (Wildman–Crippen LogP) is -0.0715. The maximum absolute atomic E-state index is 12.6. The highest BCUT2D eigenvalue weighted by Crippen LogP contribution is 2.36. The molecule has 0 spiro atoms. The van der Waals surface area contributed by atoms with Crippen molar-refractivity contribution in [2.24, 2.45) is 0 Å². The molecule has 3 unspecified atom stereocenters. The molecule has 0 amide bonds. The summed E-state index contributed by atoms with van der Waals surface area (Å²) < 4.78 is 14.2. The van der Waals surface area contributed by atoms with Gasteiger partial charge in [-0.3, -0.25) is 0 Å². The first kappa shape index (κ1) is 12.0. The number of imidazole rings is 1. The van der Waals surface area contributed by atoms with E-state index in [1.54, 1.807) is 4.57 Å². The summed E-state index contributed by atoms with van der Waals surface area (Å²) in [4.78, 5) is 12.0. The van der Waals surface area contributed by atoms with E-state index < -0.39 is 18.2 Å². The fraction of sp³-hybridized carbons (Fsp3) is 0.364. The summed E-state index contributed by atoms with van der Waals surface area (Å²) in [5, 5.41) is 19.7. The quantitative estimate of drug-likeness (QED) is 0.665. The van der Waals surface area contributed by atoms with Crippen molar-refractivity contribution in [1.29, 1.82) is 0 Å². The number of anilines is 1. The van der Waals surface area contributed by atoms with E-state index in [-0.39, 0.29) is 17.8 Å². The molecule has 0 saturated heterocycles. The zero-order valence-electron chi connectivity index (χ0n) is 9.81. The average molecular weight is 265 g/mol. The van der Waals surface area contributed by atoms with Gasteiger partial charge in [0.15, 0.2) is 11.5 Å². The topological polar surface area (TPSA) is 110 Å². The van der Waals surface area contributed by atoms with Gasteiger partial charge in [-0.1, -0.05) is 0 Å². The summed E-state index contributed by atoms with van der Waals surface area (Å²) in [7, 11) is 0. The monoisotopic (exact) mass is 265 g/mol. The van der Waals surface area contributed by atoms with Gasteiger partial charge in [0.1, 0.15) is 24.1 Å². The van der Waals surface area contributed by atoms with Crippen LogP contribution in [0.25, 0.3) is 11.2 Å². The smallest absolute Gasteiger partial charge is 0.165 e. The highest BCUT2D eigenvalue weighted by molar-refractivity contribution is 5.81. The fourth-order valence-electron chi connectivity index (χ4n) is 2.40. The molecule has 0 aromatic carbocycles. The van der Waals surface area contributed by atoms with Crippen molar-refractivity contribution in [2.75, 3.05) is 5.73 Å². The highest BCUT2D eigenvalue weighted by Gasteiger charge is 2.39. The number of fused-ring (bicyclic) bond motifs is 1. The SMILES string of the molecule is Nc1ncnc2c1ncn2C1C/C(=C/F)C(O)C1O. The first-order chi connectivity index (χ1) is 9.13. The number of hydrogen-bond acceptors (Lipinski definition) is 6. The number of nitrogens with zero attached hydrogens (tertiary/aromatic N) is 4. The number of aliphatic hydroxyl groups is 2. The number of nitrogens with two attached hydrogens (primary N) is 1. The van der Waals surface area contributed by atoms with Gasteiger partial charge in [0.25, 0.3) is 0 Å². The lowest BCUT2D eigenvalue weighted by atomic mass is 10.2. The molecule has 19 heavy (non-hydrogen) atoms. The van der Waals surface area contributed by atoms with E-state index in [0.717, 1.165) is 0 Å². The Morgan fingerprint density at radius 3 is 2.84 bits per heavy atom. The van der Waals surface area contributed by atoms with Crippen LogP contribution in [0.3, 0.4) is 0 Å². The minimum absolute atomic E-state index is 0.154. The third-order valence-corrected chi connectivity index (χ3v) is 3.43. The fourth-order valence-corrected chi connectivity index (χ4v) is 2.40. The molecule has 1 aliphatic rings. The lowest BCUT2D eigenvalue weighted by molar-refractivity contribution is 0.0356. The Bertz CT molecular complexity index is 656. The van der Waals surface area contributed by atoms with Gasteiger partial charge < -0.3 is 20.5 Å². The van der Waals surface area contributed by atoms with Gasteiger partial charge in [0.05, 0.1) is 18.7 Å². The molecule has 100 valence electrons.